The van der Waals surface area contributed by atoms with E-state index in [4.69, 9.17) is 19.0 Å². The molecule has 0 atom stereocenters. The van der Waals surface area contributed by atoms with Gasteiger partial charge in [0.2, 0.25) is 0 Å². The van der Waals surface area contributed by atoms with Crippen LogP contribution < -0.4 is 9.47 Å². The Bertz CT molecular complexity index is 1190. The molecule has 0 aliphatic carbocycles. The number of carboxylic acid groups (broad SMARTS) is 1. The van der Waals surface area contributed by atoms with E-state index in [1.165, 1.54) is 18.9 Å². The number of hydrogen-bond donors (Lipinski definition) is 1. The van der Waals surface area contributed by atoms with Gasteiger partial charge < -0.3 is 24.2 Å². The van der Waals surface area contributed by atoms with Gasteiger partial charge in [-0.25, -0.2) is 4.79 Å². The van der Waals surface area contributed by atoms with Crippen LogP contribution in [0.15, 0.2) is 84.2 Å². The first kappa shape index (κ1) is 25.4. The average molecular weight is 476 g/mol. The Labute approximate surface area is 205 Å². The largest absolute Gasteiger partial charge is 0.503 e. The molecule has 0 radical (unpaired) electrons. The fraction of sp³-hybridized carbons (Fsp3) is 0.214. The summed E-state index contributed by atoms with van der Waals surface area (Å²) in [4.78, 5) is 17.2. The lowest BCUT2D eigenvalue weighted by molar-refractivity contribution is -0.130. The van der Waals surface area contributed by atoms with Crippen molar-refractivity contribution < 1.29 is 28.9 Å². The van der Waals surface area contributed by atoms with Gasteiger partial charge in [0.1, 0.15) is 18.8 Å². The summed E-state index contributed by atoms with van der Waals surface area (Å²) in [5, 5.41) is 13.8. The molecule has 0 amide bonds. The minimum absolute atomic E-state index is 0.0445. The summed E-state index contributed by atoms with van der Waals surface area (Å²) in [5.74, 6) is -0.0286. The van der Waals surface area contributed by atoms with E-state index in [0.717, 1.165) is 12.0 Å². The van der Waals surface area contributed by atoms with E-state index in [1.807, 2.05) is 49.4 Å². The van der Waals surface area contributed by atoms with Crippen LogP contribution in [-0.2, 0) is 27.4 Å². The second-order valence-electron chi connectivity index (χ2n) is 7.63. The topological polar surface area (TPSA) is 86.6 Å². The van der Waals surface area contributed by atoms with E-state index < -0.39 is 5.97 Å². The van der Waals surface area contributed by atoms with E-state index in [1.54, 1.807) is 25.3 Å². The predicted octanol–water partition coefficient (Wildman–Crippen LogP) is 5.33. The number of rotatable bonds is 12. The Balaban J connectivity index is 1.73. The Kier molecular flexibility index (Phi) is 9.31. The molecule has 0 aliphatic rings. The second kappa shape index (κ2) is 12.8. The Morgan fingerprint density at radius 1 is 0.971 bits per heavy atom. The summed E-state index contributed by atoms with van der Waals surface area (Å²) in [6.07, 6.45) is 1.98. The summed E-state index contributed by atoms with van der Waals surface area (Å²) < 4.78 is 16.5. The number of benzene rings is 3. The van der Waals surface area contributed by atoms with Crippen LogP contribution in [-0.4, -0.2) is 37.6 Å². The fourth-order valence-electron chi connectivity index (χ4n) is 3.43. The van der Waals surface area contributed by atoms with E-state index in [2.05, 4.69) is 17.3 Å². The van der Waals surface area contributed by atoms with Crippen molar-refractivity contribution in [2.75, 3.05) is 20.8 Å². The van der Waals surface area contributed by atoms with E-state index >= 15 is 0 Å². The molecule has 0 heterocycles. The number of ether oxygens (including phenoxy) is 3. The Morgan fingerprint density at radius 3 is 2.43 bits per heavy atom. The highest BCUT2D eigenvalue weighted by atomic mass is 16.6. The number of nitrogens with zero attached hydrogens (tertiary/aromatic N) is 1. The maximum atomic E-state index is 11.7. The molecule has 1 N–H and O–H groups in total. The maximum Gasteiger partial charge on any atom is 0.339 e. The molecule has 0 saturated carbocycles. The van der Waals surface area contributed by atoms with E-state index in [9.17, 15) is 9.90 Å². The first-order valence-corrected chi connectivity index (χ1v) is 11.1. The van der Waals surface area contributed by atoms with Gasteiger partial charge in [-0.3, -0.25) is 0 Å². The molecule has 7 heteroatoms. The third kappa shape index (κ3) is 7.11. The van der Waals surface area contributed by atoms with E-state index in [-0.39, 0.29) is 12.2 Å². The van der Waals surface area contributed by atoms with Crippen molar-refractivity contribution >= 4 is 17.3 Å². The van der Waals surface area contributed by atoms with Crippen molar-refractivity contribution in [1.29, 1.82) is 0 Å². The lowest BCUT2D eigenvalue weighted by Gasteiger charge is -2.15. The molecule has 0 aromatic heterocycles. The Morgan fingerprint density at radius 2 is 1.71 bits per heavy atom. The van der Waals surface area contributed by atoms with Crippen LogP contribution in [0.5, 0.6) is 11.5 Å². The molecule has 0 unspecified atom stereocenters. The average Bonchev–Trinajstić information content (AvgIpc) is 2.89. The van der Waals surface area contributed by atoms with Crippen molar-refractivity contribution in [1.82, 2.24) is 0 Å². The molecule has 0 saturated heterocycles. The summed E-state index contributed by atoms with van der Waals surface area (Å²) in [7, 11) is 2.97. The van der Waals surface area contributed by atoms with Crippen molar-refractivity contribution in [3.63, 3.8) is 0 Å². The molecular weight excluding hydrogens is 446 g/mol. The SMILES string of the molecule is COC=C(C(=O)O)c1ccccc1COc1cc(C(C)=NOCCc2ccccc2)ccc1OC. The predicted molar refractivity (Wildman–Crippen MR) is 135 cm³/mol. The first-order valence-electron chi connectivity index (χ1n) is 11.1. The highest BCUT2D eigenvalue weighted by molar-refractivity contribution is 6.15. The van der Waals surface area contributed by atoms with Gasteiger partial charge in [-0.15, -0.1) is 0 Å². The van der Waals surface area contributed by atoms with Crippen molar-refractivity contribution in [3.8, 4) is 11.5 Å². The van der Waals surface area contributed by atoms with Crippen molar-refractivity contribution in [3.05, 3.63) is 101 Å². The maximum absolute atomic E-state index is 11.7. The molecule has 7 nitrogen and oxygen atoms in total. The zero-order valence-electron chi connectivity index (χ0n) is 20.1. The van der Waals surface area contributed by atoms with Crippen molar-refractivity contribution in [2.24, 2.45) is 5.16 Å². The zero-order valence-corrected chi connectivity index (χ0v) is 20.1. The summed E-state index contributed by atoms with van der Waals surface area (Å²) in [6.45, 7) is 2.46. The van der Waals surface area contributed by atoms with Crippen LogP contribution in [0.3, 0.4) is 0 Å². The number of aliphatic carboxylic acids is 1. The number of methoxy groups -OCH3 is 2. The normalized spacial score (nSPS) is 11.6. The number of carbonyl (C=O) groups is 1. The molecule has 3 aromatic rings. The Hall–Kier alpha value is -4.26. The highest BCUT2D eigenvalue weighted by Crippen LogP contribution is 2.30. The minimum Gasteiger partial charge on any atom is -0.503 e. The quantitative estimate of drug-likeness (QED) is 0.125. The summed E-state index contributed by atoms with van der Waals surface area (Å²) in [5.41, 5.74) is 3.96. The van der Waals surface area contributed by atoms with Crippen LogP contribution in [0.1, 0.15) is 29.2 Å². The summed E-state index contributed by atoms with van der Waals surface area (Å²) >= 11 is 0. The molecule has 3 rings (SSSR count). The molecule has 3 aromatic carbocycles. The standard InChI is InChI=1S/C28H29NO6/c1-20(29-35-16-15-21-9-5-4-6-10-21)22-13-14-26(33-3)27(17-22)34-18-23-11-7-8-12-24(23)25(19-32-2)28(30)31/h4-14,17,19H,15-16,18H2,1-3H3,(H,30,31). The van der Waals surface area contributed by atoms with Gasteiger partial charge in [0.05, 0.1) is 26.2 Å². The highest BCUT2D eigenvalue weighted by Gasteiger charge is 2.16. The van der Waals surface area contributed by atoms with Gasteiger partial charge in [-0.05, 0) is 41.8 Å². The molecule has 0 bridgehead atoms. The zero-order chi connectivity index (χ0) is 25.0. The molecule has 0 aliphatic heterocycles. The molecule has 182 valence electrons. The van der Waals surface area contributed by atoms with Gasteiger partial charge >= 0.3 is 5.97 Å². The van der Waals surface area contributed by atoms with Gasteiger partial charge in [0.15, 0.2) is 11.5 Å². The lowest BCUT2D eigenvalue weighted by Crippen LogP contribution is -2.07. The fourth-order valence-corrected chi connectivity index (χ4v) is 3.43. The number of carboxylic acids is 1. The van der Waals surface area contributed by atoms with Gasteiger partial charge in [-0.1, -0.05) is 59.8 Å². The molecular formula is C28H29NO6. The lowest BCUT2D eigenvalue weighted by atomic mass is 10.0. The molecule has 0 fully saturated rings. The number of oxime groups is 1. The monoisotopic (exact) mass is 475 g/mol. The van der Waals surface area contributed by atoms with Crippen LogP contribution in [0.4, 0.5) is 0 Å². The van der Waals surface area contributed by atoms with Gasteiger partial charge in [-0.2, -0.15) is 0 Å². The van der Waals surface area contributed by atoms with Crippen molar-refractivity contribution in [2.45, 2.75) is 20.0 Å². The van der Waals surface area contributed by atoms with E-state index in [0.29, 0.717) is 34.9 Å². The summed E-state index contributed by atoms with van der Waals surface area (Å²) in [6, 6.07) is 22.7. The minimum atomic E-state index is -1.09. The van der Waals surface area contributed by atoms with Gasteiger partial charge in [0, 0.05) is 12.0 Å². The van der Waals surface area contributed by atoms with Crippen LogP contribution in [0.2, 0.25) is 0 Å². The third-order valence-corrected chi connectivity index (χ3v) is 5.26. The molecule has 0 spiro atoms. The smallest absolute Gasteiger partial charge is 0.339 e. The van der Waals surface area contributed by atoms with Crippen LogP contribution >= 0.6 is 0 Å². The van der Waals surface area contributed by atoms with Crippen LogP contribution in [0.25, 0.3) is 5.57 Å². The third-order valence-electron chi connectivity index (χ3n) is 5.26. The first-order chi connectivity index (χ1) is 17.0. The number of hydrogen-bond acceptors (Lipinski definition) is 6. The van der Waals surface area contributed by atoms with Gasteiger partial charge in [0.25, 0.3) is 0 Å². The molecule has 35 heavy (non-hydrogen) atoms. The van der Waals surface area contributed by atoms with Crippen LogP contribution in [0, 0.1) is 0 Å². The second-order valence-corrected chi connectivity index (χ2v) is 7.63.